The SMILES string of the molecule is CCC1NC(=O)CCN(c2ccc3ccccc3c2)C1=O. The smallest absolute Gasteiger partial charge is 0.249 e. The van der Waals surface area contributed by atoms with Crippen LogP contribution in [0.1, 0.15) is 19.8 Å². The van der Waals surface area contributed by atoms with E-state index in [9.17, 15) is 9.59 Å². The summed E-state index contributed by atoms with van der Waals surface area (Å²) in [6.07, 6.45) is 0.948. The van der Waals surface area contributed by atoms with Crippen LogP contribution in [0.25, 0.3) is 10.8 Å². The standard InChI is InChI=1S/C17H18N2O2/c1-2-15-17(21)19(10-9-16(20)18-15)14-8-7-12-5-3-4-6-13(12)11-14/h3-8,11,15H,2,9-10H2,1H3,(H,18,20). The van der Waals surface area contributed by atoms with Gasteiger partial charge in [0.15, 0.2) is 0 Å². The van der Waals surface area contributed by atoms with E-state index in [-0.39, 0.29) is 11.8 Å². The van der Waals surface area contributed by atoms with Crippen LogP contribution in [0, 0.1) is 0 Å². The van der Waals surface area contributed by atoms with Crippen LogP contribution in [0.5, 0.6) is 0 Å². The maximum absolute atomic E-state index is 12.6. The molecule has 0 radical (unpaired) electrons. The highest BCUT2D eigenvalue weighted by molar-refractivity contribution is 6.02. The first-order chi connectivity index (χ1) is 10.2. The lowest BCUT2D eigenvalue weighted by Gasteiger charge is -2.23. The van der Waals surface area contributed by atoms with Crippen molar-refractivity contribution < 1.29 is 9.59 Å². The van der Waals surface area contributed by atoms with Gasteiger partial charge in [-0.05, 0) is 29.3 Å². The van der Waals surface area contributed by atoms with E-state index in [0.29, 0.717) is 19.4 Å². The van der Waals surface area contributed by atoms with Gasteiger partial charge < -0.3 is 10.2 Å². The Morgan fingerprint density at radius 1 is 1.14 bits per heavy atom. The highest BCUT2D eigenvalue weighted by Crippen LogP contribution is 2.24. The lowest BCUT2D eigenvalue weighted by atomic mass is 10.1. The molecule has 0 aliphatic carbocycles. The second-order valence-corrected chi connectivity index (χ2v) is 5.30. The van der Waals surface area contributed by atoms with Crippen molar-refractivity contribution in [2.45, 2.75) is 25.8 Å². The number of benzene rings is 2. The van der Waals surface area contributed by atoms with Crippen molar-refractivity contribution in [1.29, 1.82) is 0 Å². The summed E-state index contributed by atoms with van der Waals surface area (Å²) in [6, 6.07) is 13.6. The van der Waals surface area contributed by atoms with Gasteiger partial charge >= 0.3 is 0 Å². The van der Waals surface area contributed by atoms with E-state index in [0.717, 1.165) is 16.5 Å². The summed E-state index contributed by atoms with van der Waals surface area (Å²) in [4.78, 5) is 26.0. The minimum atomic E-state index is -0.425. The number of carbonyl (C=O) groups excluding carboxylic acids is 2. The Balaban J connectivity index is 1.99. The van der Waals surface area contributed by atoms with Crippen LogP contribution in [-0.4, -0.2) is 24.4 Å². The molecule has 1 N–H and O–H groups in total. The zero-order valence-electron chi connectivity index (χ0n) is 12.0. The number of hydrogen-bond acceptors (Lipinski definition) is 2. The maximum Gasteiger partial charge on any atom is 0.249 e. The van der Waals surface area contributed by atoms with Gasteiger partial charge in [0.25, 0.3) is 0 Å². The van der Waals surface area contributed by atoms with E-state index in [4.69, 9.17) is 0 Å². The second kappa shape index (κ2) is 5.56. The molecule has 1 heterocycles. The molecule has 108 valence electrons. The monoisotopic (exact) mass is 282 g/mol. The molecule has 1 unspecified atom stereocenters. The Hall–Kier alpha value is -2.36. The predicted octanol–water partition coefficient (Wildman–Crippen LogP) is 2.47. The summed E-state index contributed by atoms with van der Waals surface area (Å²) in [5.74, 6) is -0.0860. The van der Waals surface area contributed by atoms with Crippen LogP contribution in [0.15, 0.2) is 42.5 Å². The molecule has 1 aliphatic heterocycles. The van der Waals surface area contributed by atoms with E-state index in [2.05, 4.69) is 5.32 Å². The molecule has 4 heteroatoms. The number of anilines is 1. The van der Waals surface area contributed by atoms with Crippen molar-refractivity contribution in [1.82, 2.24) is 5.32 Å². The molecule has 3 rings (SSSR count). The molecule has 4 nitrogen and oxygen atoms in total. The average molecular weight is 282 g/mol. The largest absolute Gasteiger partial charge is 0.344 e. The summed E-state index contributed by atoms with van der Waals surface area (Å²) in [6.45, 7) is 2.34. The summed E-state index contributed by atoms with van der Waals surface area (Å²) in [5.41, 5.74) is 0.855. The van der Waals surface area contributed by atoms with Crippen molar-refractivity contribution in [3.05, 3.63) is 42.5 Å². The minimum absolute atomic E-state index is 0.0290. The fourth-order valence-corrected chi connectivity index (χ4v) is 2.72. The van der Waals surface area contributed by atoms with E-state index in [1.54, 1.807) is 4.90 Å². The first kappa shape index (κ1) is 13.6. The molecular formula is C17H18N2O2. The topological polar surface area (TPSA) is 49.4 Å². The maximum atomic E-state index is 12.6. The number of fused-ring (bicyclic) bond motifs is 1. The molecule has 0 bridgehead atoms. The van der Waals surface area contributed by atoms with E-state index >= 15 is 0 Å². The van der Waals surface area contributed by atoms with Gasteiger partial charge in [-0.1, -0.05) is 37.3 Å². The first-order valence-corrected chi connectivity index (χ1v) is 7.28. The Morgan fingerprint density at radius 2 is 1.90 bits per heavy atom. The van der Waals surface area contributed by atoms with Gasteiger partial charge in [-0.25, -0.2) is 0 Å². The zero-order chi connectivity index (χ0) is 14.8. The summed E-state index contributed by atoms with van der Waals surface area (Å²) in [5, 5.41) is 5.03. The minimum Gasteiger partial charge on any atom is -0.344 e. The summed E-state index contributed by atoms with van der Waals surface area (Å²) < 4.78 is 0. The molecule has 0 spiro atoms. The first-order valence-electron chi connectivity index (χ1n) is 7.28. The third-order valence-corrected chi connectivity index (χ3v) is 3.91. The van der Waals surface area contributed by atoms with Crippen LogP contribution >= 0.6 is 0 Å². The lowest BCUT2D eigenvalue weighted by Crippen LogP contribution is -2.44. The van der Waals surface area contributed by atoms with Crippen LogP contribution in [-0.2, 0) is 9.59 Å². The van der Waals surface area contributed by atoms with Crippen molar-refractivity contribution in [3.63, 3.8) is 0 Å². The second-order valence-electron chi connectivity index (χ2n) is 5.30. The van der Waals surface area contributed by atoms with Gasteiger partial charge in [0, 0.05) is 18.7 Å². The van der Waals surface area contributed by atoms with Crippen LogP contribution in [0.3, 0.4) is 0 Å². The molecule has 1 saturated heterocycles. The van der Waals surface area contributed by atoms with Gasteiger partial charge in [0.1, 0.15) is 6.04 Å². The Morgan fingerprint density at radius 3 is 2.67 bits per heavy atom. The lowest BCUT2D eigenvalue weighted by molar-refractivity contribution is -0.125. The molecule has 1 fully saturated rings. The summed E-state index contributed by atoms with van der Waals surface area (Å²) in [7, 11) is 0. The van der Waals surface area contributed by atoms with Crippen LogP contribution in [0.4, 0.5) is 5.69 Å². The van der Waals surface area contributed by atoms with Gasteiger partial charge in [-0.15, -0.1) is 0 Å². The molecular weight excluding hydrogens is 264 g/mol. The van der Waals surface area contributed by atoms with Gasteiger partial charge in [-0.3, -0.25) is 9.59 Å². The molecule has 1 atom stereocenters. The van der Waals surface area contributed by atoms with Crippen LogP contribution in [0.2, 0.25) is 0 Å². The quantitative estimate of drug-likeness (QED) is 0.920. The zero-order valence-corrected chi connectivity index (χ0v) is 12.0. The number of rotatable bonds is 2. The third kappa shape index (κ3) is 2.61. The van der Waals surface area contributed by atoms with E-state index < -0.39 is 6.04 Å². The molecule has 2 aromatic rings. The van der Waals surface area contributed by atoms with E-state index in [1.165, 1.54) is 0 Å². The Bertz CT molecular complexity index is 696. The number of nitrogens with one attached hydrogen (secondary N) is 1. The van der Waals surface area contributed by atoms with Crippen molar-refractivity contribution >= 4 is 28.3 Å². The molecule has 0 saturated carbocycles. The molecule has 2 aromatic carbocycles. The number of carbonyl (C=O) groups is 2. The molecule has 21 heavy (non-hydrogen) atoms. The Kier molecular flexibility index (Phi) is 3.60. The predicted molar refractivity (Wildman–Crippen MR) is 83.1 cm³/mol. The van der Waals surface area contributed by atoms with E-state index in [1.807, 2.05) is 49.4 Å². The fraction of sp³-hybridized carbons (Fsp3) is 0.294. The average Bonchev–Trinajstić information content (AvgIpc) is 2.66. The van der Waals surface area contributed by atoms with Crippen molar-refractivity contribution in [2.75, 3.05) is 11.4 Å². The third-order valence-electron chi connectivity index (χ3n) is 3.91. The molecule has 2 amide bonds. The van der Waals surface area contributed by atoms with Gasteiger partial charge in [0.05, 0.1) is 0 Å². The normalized spacial score (nSPS) is 19.5. The molecule has 1 aliphatic rings. The van der Waals surface area contributed by atoms with Gasteiger partial charge in [-0.2, -0.15) is 0 Å². The number of amides is 2. The van der Waals surface area contributed by atoms with Crippen molar-refractivity contribution in [2.24, 2.45) is 0 Å². The van der Waals surface area contributed by atoms with Crippen molar-refractivity contribution in [3.8, 4) is 0 Å². The Labute approximate surface area is 123 Å². The highest BCUT2D eigenvalue weighted by atomic mass is 16.2. The molecule has 0 aromatic heterocycles. The number of nitrogens with zero attached hydrogens (tertiary/aromatic N) is 1. The summed E-state index contributed by atoms with van der Waals surface area (Å²) >= 11 is 0. The fourth-order valence-electron chi connectivity index (χ4n) is 2.72. The van der Waals surface area contributed by atoms with Gasteiger partial charge in [0.2, 0.25) is 11.8 Å². The highest BCUT2D eigenvalue weighted by Gasteiger charge is 2.29. The number of hydrogen-bond donors (Lipinski definition) is 1. The van der Waals surface area contributed by atoms with Crippen LogP contribution < -0.4 is 10.2 Å².